The third kappa shape index (κ3) is 13.5. The van der Waals surface area contributed by atoms with Gasteiger partial charge in [-0.15, -0.1) is 0 Å². The molecule has 0 aliphatic carbocycles. The number of aliphatic carboxylic acids is 1. The maximum absolute atomic E-state index is 14.7. The molecule has 5 aliphatic heterocycles. The van der Waals surface area contributed by atoms with E-state index in [1.54, 1.807) is 48.5 Å². The number of benzene rings is 4. The Kier molecular flexibility index (Phi) is 18.8. The zero-order valence-electron chi connectivity index (χ0n) is 48.4. The van der Waals surface area contributed by atoms with Crippen molar-refractivity contribution in [2.75, 3.05) is 26.2 Å². The topological polar surface area (TPSA) is 363 Å². The van der Waals surface area contributed by atoms with Gasteiger partial charge in [-0.25, -0.2) is 9.59 Å². The van der Waals surface area contributed by atoms with Crippen molar-refractivity contribution < 1.29 is 77.5 Å². The number of primary amides is 1. The Morgan fingerprint density at radius 2 is 1.17 bits per heavy atom. The summed E-state index contributed by atoms with van der Waals surface area (Å²) in [6.45, 7) is 5.12. The first-order valence-electron chi connectivity index (χ1n) is 29.2. The van der Waals surface area contributed by atoms with E-state index >= 15 is 0 Å². The summed E-state index contributed by atoms with van der Waals surface area (Å²) in [7, 11) is 0. The number of amides is 9. The van der Waals surface area contributed by atoms with Crippen LogP contribution in [0.1, 0.15) is 128 Å². The minimum absolute atomic E-state index is 0.000488. The van der Waals surface area contributed by atoms with Crippen molar-refractivity contribution in [1.29, 1.82) is 0 Å². The van der Waals surface area contributed by atoms with Crippen molar-refractivity contribution in [3.05, 3.63) is 118 Å². The SMILES string of the molecule is CC(=O)NCC[C@H](NC(=O)[C@@H]1CCCN1C(=O)[C@H](CCC(N)=O)NC(=O)[C@@H]1CCCN1C(=O)c1ccc2c(c1)C(=O)OC21c2ccc(O)cc2Oc2cc(O)ccc21)C(=O)N[C@@H](CC(C)C)C(=O)N1CCC[C@H]1C(=O)N[C@@H](Cc1ccccc1)C(=O)O. The molecule has 460 valence electrons. The van der Waals surface area contributed by atoms with Gasteiger partial charge in [-0.2, -0.15) is 0 Å². The van der Waals surface area contributed by atoms with Crippen molar-refractivity contribution >= 4 is 65.1 Å². The molecule has 3 fully saturated rings. The van der Waals surface area contributed by atoms with Gasteiger partial charge in [-0.1, -0.05) is 50.2 Å². The molecule has 9 amide bonds. The summed E-state index contributed by atoms with van der Waals surface area (Å²) >= 11 is 0. The first-order valence-corrected chi connectivity index (χ1v) is 29.2. The number of carbonyl (C=O) groups excluding carboxylic acids is 10. The van der Waals surface area contributed by atoms with Gasteiger partial charge in [0.05, 0.1) is 5.56 Å². The number of carboxylic acid groups (broad SMARTS) is 1. The third-order valence-corrected chi connectivity index (χ3v) is 16.5. The smallest absolute Gasteiger partial charge is 0.340 e. The van der Waals surface area contributed by atoms with Crippen LogP contribution in [-0.2, 0) is 59.9 Å². The normalized spacial score (nSPS) is 19.3. The van der Waals surface area contributed by atoms with E-state index in [0.29, 0.717) is 41.5 Å². The van der Waals surface area contributed by atoms with Gasteiger partial charge in [-0.05, 0) is 106 Å². The number of hydrogen-bond acceptors (Lipinski definition) is 15. The van der Waals surface area contributed by atoms with Crippen LogP contribution < -0.4 is 37.1 Å². The first-order chi connectivity index (χ1) is 41.5. The molecule has 0 radical (unpaired) electrons. The minimum Gasteiger partial charge on any atom is -0.508 e. The average molecular weight is 1200 g/mol. The van der Waals surface area contributed by atoms with E-state index in [9.17, 15) is 68.1 Å². The molecule has 4 aromatic rings. The number of nitrogens with two attached hydrogens (primary N) is 1. The van der Waals surface area contributed by atoms with Crippen LogP contribution in [0.3, 0.4) is 0 Å². The van der Waals surface area contributed by atoms with E-state index in [-0.39, 0.29) is 118 Å². The van der Waals surface area contributed by atoms with E-state index in [0.717, 1.165) is 0 Å². The van der Waals surface area contributed by atoms with Crippen LogP contribution in [0.5, 0.6) is 23.0 Å². The van der Waals surface area contributed by atoms with E-state index in [2.05, 4.69) is 26.6 Å². The summed E-state index contributed by atoms with van der Waals surface area (Å²) in [4.78, 5) is 155. The second kappa shape index (κ2) is 26.4. The number of nitrogens with zero attached hydrogens (tertiary/aromatic N) is 3. The van der Waals surface area contributed by atoms with E-state index in [1.165, 1.54) is 58.0 Å². The molecule has 0 unspecified atom stereocenters. The maximum atomic E-state index is 14.7. The van der Waals surface area contributed by atoms with Crippen molar-refractivity contribution in [3.63, 3.8) is 0 Å². The number of fused-ring (bicyclic) bond motifs is 6. The number of nitrogens with one attached hydrogen (secondary N) is 5. The van der Waals surface area contributed by atoms with Crippen molar-refractivity contribution in [2.45, 2.75) is 139 Å². The second-order valence-electron chi connectivity index (χ2n) is 23.0. The van der Waals surface area contributed by atoms with Crippen molar-refractivity contribution in [3.8, 4) is 23.0 Å². The number of carbonyl (C=O) groups is 11. The molecule has 7 atom stereocenters. The Balaban J connectivity index is 0.883. The number of phenolic OH excluding ortho intramolecular Hbond substituents is 2. The van der Waals surface area contributed by atoms with Crippen LogP contribution in [0.4, 0.5) is 0 Å². The Labute approximate surface area is 500 Å². The molecular formula is C62H71N9O16. The fourth-order valence-electron chi connectivity index (χ4n) is 12.3. The van der Waals surface area contributed by atoms with Crippen LogP contribution in [0, 0.1) is 5.92 Å². The van der Waals surface area contributed by atoms with Crippen LogP contribution >= 0.6 is 0 Å². The van der Waals surface area contributed by atoms with Crippen LogP contribution in [0.2, 0.25) is 0 Å². The van der Waals surface area contributed by atoms with Crippen molar-refractivity contribution in [1.82, 2.24) is 41.3 Å². The van der Waals surface area contributed by atoms with Gasteiger partial charge in [0.15, 0.2) is 5.60 Å². The zero-order valence-corrected chi connectivity index (χ0v) is 48.4. The summed E-state index contributed by atoms with van der Waals surface area (Å²) in [5.74, 6) is -8.27. The van der Waals surface area contributed by atoms with Gasteiger partial charge < -0.3 is 71.8 Å². The number of rotatable bonds is 22. The number of likely N-dealkylation sites (tertiary alicyclic amines) is 3. The Morgan fingerprint density at radius 3 is 1.72 bits per heavy atom. The Hall–Kier alpha value is -9.55. The zero-order chi connectivity index (χ0) is 62.4. The third-order valence-electron chi connectivity index (χ3n) is 16.5. The maximum Gasteiger partial charge on any atom is 0.340 e. The highest BCUT2D eigenvalue weighted by Gasteiger charge is 2.54. The van der Waals surface area contributed by atoms with Gasteiger partial charge in [0.2, 0.25) is 47.3 Å². The number of ether oxygens (including phenoxy) is 2. The van der Waals surface area contributed by atoms with E-state index in [1.807, 2.05) is 13.8 Å². The molecule has 5 heterocycles. The van der Waals surface area contributed by atoms with Crippen LogP contribution in [-0.4, -0.2) is 164 Å². The highest BCUT2D eigenvalue weighted by atomic mass is 16.6. The predicted octanol–water partition coefficient (Wildman–Crippen LogP) is 2.36. The van der Waals surface area contributed by atoms with Gasteiger partial charge in [0.25, 0.3) is 5.91 Å². The fourth-order valence-corrected chi connectivity index (χ4v) is 12.3. The standard InChI is InChI=1S/C62H71N9O16/c1-33(2)28-45(59(82)71-27-9-14-49(71)56(79)68-46(60(83)84)29-35-10-5-4-6-11-35)67-53(76)43(23-24-64-34(3)72)65-54(77)48-13-8-26-70(48)58(81)44(21-22-52(63)75)66-55(78)47-12-7-25-69(47)57(80)36-15-18-40-39(30-36)61(85)87-62(40)41-19-16-37(73)31-50(41)86-51-32-38(74)17-20-42(51)62/h4-6,10-11,15-20,30-33,43-49,73-74H,7-9,12-14,21-29H2,1-3H3,(H2,63,75)(H,64,72)(H,65,77)(H,66,78)(H,67,76)(H,68,79)(H,83,84)/t43-,44-,45-,46-,47-,48-,49-/m0/s1. The molecule has 5 aliphatic rings. The molecule has 1 spiro atoms. The van der Waals surface area contributed by atoms with Crippen LogP contribution in [0.15, 0.2) is 84.9 Å². The summed E-state index contributed by atoms with van der Waals surface area (Å²) in [5.41, 5.74) is 5.82. The Morgan fingerprint density at radius 1 is 0.644 bits per heavy atom. The summed E-state index contributed by atoms with van der Waals surface area (Å²) in [6.07, 6.45) is 0.968. The Bertz CT molecular complexity index is 3340. The molecule has 25 heteroatoms. The van der Waals surface area contributed by atoms with Gasteiger partial charge in [0.1, 0.15) is 65.3 Å². The molecule has 0 saturated carbocycles. The molecule has 4 aromatic carbocycles. The summed E-state index contributed by atoms with van der Waals surface area (Å²) in [5, 5.41) is 44.1. The monoisotopic (exact) mass is 1200 g/mol. The number of aromatic hydroxyl groups is 2. The number of esters is 1. The predicted molar refractivity (Wildman–Crippen MR) is 308 cm³/mol. The van der Waals surface area contributed by atoms with Crippen LogP contribution in [0.25, 0.3) is 0 Å². The lowest BCUT2D eigenvalue weighted by Crippen LogP contribution is -2.60. The number of hydrogen-bond donors (Lipinski definition) is 9. The number of carboxylic acids is 1. The number of phenols is 2. The van der Waals surface area contributed by atoms with Gasteiger partial charge >= 0.3 is 11.9 Å². The molecule has 87 heavy (non-hydrogen) atoms. The van der Waals surface area contributed by atoms with Gasteiger partial charge in [0, 0.05) is 80.3 Å². The minimum atomic E-state index is -1.60. The lowest BCUT2D eigenvalue weighted by atomic mass is 9.77. The van der Waals surface area contributed by atoms with E-state index < -0.39 is 113 Å². The molecule has 0 bridgehead atoms. The highest BCUT2D eigenvalue weighted by molar-refractivity contribution is 6.04. The first kappa shape index (κ1) is 62.0. The lowest BCUT2D eigenvalue weighted by molar-refractivity contribution is -0.145. The molecule has 3 saturated heterocycles. The molecule has 25 nitrogen and oxygen atoms in total. The lowest BCUT2D eigenvalue weighted by Gasteiger charge is -2.36. The second-order valence-corrected chi connectivity index (χ2v) is 23.0. The van der Waals surface area contributed by atoms with Crippen molar-refractivity contribution in [2.24, 2.45) is 11.7 Å². The molecule has 10 N–H and O–H groups in total. The quantitative estimate of drug-likeness (QED) is 0.0510. The average Bonchev–Trinajstić information content (AvgIpc) is 1.64. The summed E-state index contributed by atoms with van der Waals surface area (Å²) in [6, 6.07) is 13.1. The largest absolute Gasteiger partial charge is 0.508 e. The fraction of sp³-hybridized carbons (Fsp3) is 0.435. The highest BCUT2D eigenvalue weighted by Crippen LogP contribution is 2.57. The molecule has 9 rings (SSSR count). The molecule has 0 aromatic heterocycles. The van der Waals surface area contributed by atoms with E-state index in [4.69, 9.17) is 15.2 Å². The van der Waals surface area contributed by atoms with Gasteiger partial charge in [-0.3, -0.25) is 43.2 Å². The summed E-state index contributed by atoms with van der Waals surface area (Å²) < 4.78 is 12.2. The molecular weight excluding hydrogens is 1130 g/mol.